The average molecular weight is 309 g/mol. The number of pyridine rings is 1. The summed E-state index contributed by atoms with van der Waals surface area (Å²) in [5.41, 5.74) is 2.49. The number of carbonyl (C=O) groups excluding carboxylic acids is 1. The highest BCUT2D eigenvalue weighted by Gasteiger charge is 2.28. The number of carbonyl (C=O) groups is 1. The van der Waals surface area contributed by atoms with E-state index in [0.717, 1.165) is 38.0 Å². The van der Waals surface area contributed by atoms with Gasteiger partial charge in [-0.15, -0.1) is 0 Å². The fourth-order valence-corrected chi connectivity index (χ4v) is 3.01. The molecular formula is C19H23N3O. The van der Waals surface area contributed by atoms with Gasteiger partial charge in [0.15, 0.2) is 0 Å². The van der Waals surface area contributed by atoms with Crippen molar-refractivity contribution in [3.63, 3.8) is 0 Å². The SMILES string of the molecule is O=C1C[C@@H](NCc2cccnc2)CN1CCCc1ccccc1. The second-order valence-electron chi connectivity index (χ2n) is 6.07. The van der Waals surface area contributed by atoms with Crippen molar-refractivity contribution in [2.24, 2.45) is 0 Å². The fraction of sp³-hybridized carbons (Fsp3) is 0.368. The van der Waals surface area contributed by atoms with E-state index in [9.17, 15) is 4.79 Å². The molecule has 0 unspecified atom stereocenters. The highest BCUT2D eigenvalue weighted by Crippen LogP contribution is 2.13. The Labute approximate surface area is 137 Å². The minimum Gasteiger partial charge on any atom is -0.341 e. The molecule has 2 aromatic rings. The van der Waals surface area contributed by atoms with Crippen LogP contribution in [0, 0.1) is 0 Å². The zero-order valence-corrected chi connectivity index (χ0v) is 13.3. The summed E-state index contributed by atoms with van der Waals surface area (Å²) in [6.07, 6.45) is 6.29. The van der Waals surface area contributed by atoms with Crippen LogP contribution in [0.5, 0.6) is 0 Å². The summed E-state index contributed by atoms with van der Waals surface area (Å²) >= 11 is 0. The molecule has 1 fully saturated rings. The third kappa shape index (κ3) is 4.63. The van der Waals surface area contributed by atoms with Gasteiger partial charge in [0.1, 0.15) is 0 Å². The first-order valence-corrected chi connectivity index (χ1v) is 8.25. The monoisotopic (exact) mass is 309 g/mol. The van der Waals surface area contributed by atoms with E-state index in [1.807, 2.05) is 23.2 Å². The maximum Gasteiger partial charge on any atom is 0.224 e. The number of nitrogens with zero attached hydrogens (tertiary/aromatic N) is 2. The van der Waals surface area contributed by atoms with Gasteiger partial charge in [0.05, 0.1) is 0 Å². The second kappa shape index (κ2) is 7.88. The third-order valence-corrected chi connectivity index (χ3v) is 4.27. The van der Waals surface area contributed by atoms with Crippen molar-refractivity contribution in [3.05, 3.63) is 66.0 Å². The molecule has 0 spiro atoms. The number of aromatic nitrogens is 1. The highest BCUT2D eigenvalue weighted by molar-refractivity contribution is 5.79. The van der Waals surface area contributed by atoms with Gasteiger partial charge in [-0.3, -0.25) is 9.78 Å². The summed E-state index contributed by atoms with van der Waals surface area (Å²) in [7, 11) is 0. The minimum absolute atomic E-state index is 0.249. The molecule has 23 heavy (non-hydrogen) atoms. The third-order valence-electron chi connectivity index (χ3n) is 4.27. The van der Waals surface area contributed by atoms with Crippen LogP contribution in [0.15, 0.2) is 54.9 Å². The van der Waals surface area contributed by atoms with E-state index in [-0.39, 0.29) is 11.9 Å². The normalized spacial score (nSPS) is 17.7. The topological polar surface area (TPSA) is 45.2 Å². The van der Waals surface area contributed by atoms with Crippen LogP contribution in [0.3, 0.4) is 0 Å². The number of benzene rings is 1. The van der Waals surface area contributed by atoms with Gasteiger partial charge in [-0.2, -0.15) is 0 Å². The maximum atomic E-state index is 12.1. The molecule has 1 saturated heterocycles. The Bertz CT molecular complexity index is 615. The van der Waals surface area contributed by atoms with Gasteiger partial charge in [0, 0.05) is 44.5 Å². The lowest BCUT2D eigenvalue weighted by atomic mass is 10.1. The number of hydrogen-bond acceptors (Lipinski definition) is 3. The lowest BCUT2D eigenvalue weighted by molar-refractivity contribution is -0.127. The summed E-state index contributed by atoms with van der Waals surface area (Å²) in [4.78, 5) is 18.2. The van der Waals surface area contributed by atoms with Gasteiger partial charge in [-0.25, -0.2) is 0 Å². The van der Waals surface area contributed by atoms with Crippen LogP contribution in [0.1, 0.15) is 24.0 Å². The molecule has 4 nitrogen and oxygen atoms in total. The molecule has 1 atom stereocenters. The lowest BCUT2D eigenvalue weighted by Gasteiger charge is -2.17. The molecule has 1 aromatic heterocycles. The van der Waals surface area contributed by atoms with Gasteiger partial charge in [0.25, 0.3) is 0 Å². The zero-order valence-electron chi connectivity index (χ0n) is 13.3. The first kappa shape index (κ1) is 15.7. The molecular weight excluding hydrogens is 286 g/mol. The predicted molar refractivity (Wildman–Crippen MR) is 90.8 cm³/mol. The number of hydrogen-bond donors (Lipinski definition) is 1. The number of rotatable bonds is 7. The molecule has 0 aliphatic carbocycles. The molecule has 1 aliphatic heterocycles. The van der Waals surface area contributed by atoms with Gasteiger partial charge in [-0.1, -0.05) is 36.4 Å². The smallest absolute Gasteiger partial charge is 0.224 e. The number of nitrogens with one attached hydrogen (secondary N) is 1. The number of amides is 1. The van der Waals surface area contributed by atoms with E-state index >= 15 is 0 Å². The highest BCUT2D eigenvalue weighted by atomic mass is 16.2. The Kier molecular flexibility index (Phi) is 5.37. The quantitative estimate of drug-likeness (QED) is 0.854. The Hall–Kier alpha value is -2.20. The molecule has 1 aromatic carbocycles. The molecule has 120 valence electrons. The molecule has 0 bridgehead atoms. The summed E-state index contributed by atoms with van der Waals surface area (Å²) in [6, 6.07) is 14.7. The molecule has 2 heterocycles. The Morgan fingerprint density at radius 3 is 2.74 bits per heavy atom. The average Bonchev–Trinajstić information content (AvgIpc) is 2.95. The first-order valence-electron chi connectivity index (χ1n) is 8.25. The number of aryl methyl sites for hydroxylation is 1. The van der Waals surface area contributed by atoms with Crippen LogP contribution in [0.25, 0.3) is 0 Å². The van der Waals surface area contributed by atoms with Crippen LogP contribution in [0.4, 0.5) is 0 Å². The summed E-state index contributed by atoms with van der Waals surface area (Å²) in [5, 5.41) is 3.46. The molecule has 1 N–H and O–H groups in total. The molecule has 3 rings (SSSR count). The van der Waals surface area contributed by atoms with E-state index in [4.69, 9.17) is 0 Å². The molecule has 1 aliphatic rings. The standard InChI is InChI=1S/C19H23N3O/c23-19-12-18(21-14-17-8-4-10-20-13-17)15-22(19)11-5-9-16-6-2-1-3-7-16/h1-4,6-8,10,13,18,21H,5,9,11-12,14-15H2/t18-/m1/s1. The van der Waals surface area contributed by atoms with E-state index in [1.165, 1.54) is 5.56 Å². The largest absolute Gasteiger partial charge is 0.341 e. The van der Waals surface area contributed by atoms with Crippen LogP contribution in [-0.4, -0.2) is 34.9 Å². The fourth-order valence-electron chi connectivity index (χ4n) is 3.01. The van der Waals surface area contributed by atoms with Crippen LogP contribution >= 0.6 is 0 Å². The molecule has 1 amide bonds. The van der Waals surface area contributed by atoms with E-state index < -0.39 is 0 Å². The van der Waals surface area contributed by atoms with Crippen molar-refractivity contribution in [1.82, 2.24) is 15.2 Å². The van der Waals surface area contributed by atoms with Crippen molar-refractivity contribution in [1.29, 1.82) is 0 Å². The number of likely N-dealkylation sites (tertiary alicyclic amines) is 1. The van der Waals surface area contributed by atoms with Crippen LogP contribution in [0.2, 0.25) is 0 Å². The predicted octanol–water partition coefficient (Wildman–Crippen LogP) is 2.40. The summed E-state index contributed by atoms with van der Waals surface area (Å²) in [5.74, 6) is 0.266. The lowest BCUT2D eigenvalue weighted by Crippen LogP contribution is -2.33. The minimum atomic E-state index is 0.249. The van der Waals surface area contributed by atoms with Gasteiger partial charge in [0.2, 0.25) is 5.91 Å². The van der Waals surface area contributed by atoms with Crippen molar-refractivity contribution in [2.45, 2.75) is 31.8 Å². The van der Waals surface area contributed by atoms with Crippen molar-refractivity contribution < 1.29 is 4.79 Å². The summed E-state index contributed by atoms with van der Waals surface area (Å²) in [6.45, 7) is 2.43. The molecule has 4 heteroatoms. The Balaban J connectivity index is 1.40. The van der Waals surface area contributed by atoms with Gasteiger partial charge in [-0.05, 0) is 30.0 Å². The van der Waals surface area contributed by atoms with E-state index in [1.54, 1.807) is 6.20 Å². The summed E-state index contributed by atoms with van der Waals surface area (Å²) < 4.78 is 0. The van der Waals surface area contributed by atoms with Gasteiger partial charge < -0.3 is 10.2 Å². The Morgan fingerprint density at radius 2 is 1.96 bits per heavy atom. The second-order valence-corrected chi connectivity index (χ2v) is 6.07. The van der Waals surface area contributed by atoms with Crippen molar-refractivity contribution >= 4 is 5.91 Å². The first-order chi connectivity index (χ1) is 11.3. The van der Waals surface area contributed by atoms with Crippen LogP contribution in [-0.2, 0) is 17.8 Å². The van der Waals surface area contributed by atoms with Crippen LogP contribution < -0.4 is 5.32 Å². The maximum absolute atomic E-state index is 12.1. The van der Waals surface area contributed by atoms with Gasteiger partial charge >= 0.3 is 0 Å². The van der Waals surface area contributed by atoms with E-state index in [2.05, 4.69) is 40.6 Å². The van der Waals surface area contributed by atoms with E-state index in [0.29, 0.717) is 6.42 Å². The van der Waals surface area contributed by atoms with Crippen molar-refractivity contribution in [2.75, 3.05) is 13.1 Å². The molecule has 0 saturated carbocycles. The van der Waals surface area contributed by atoms with Crippen molar-refractivity contribution in [3.8, 4) is 0 Å². The molecule has 0 radical (unpaired) electrons. The Morgan fingerprint density at radius 1 is 1.13 bits per heavy atom. The zero-order chi connectivity index (χ0) is 15.9.